The van der Waals surface area contributed by atoms with Crippen molar-refractivity contribution in [1.82, 2.24) is 15.1 Å². The van der Waals surface area contributed by atoms with E-state index in [1.807, 2.05) is 12.4 Å². The van der Waals surface area contributed by atoms with Gasteiger partial charge in [-0.3, -0.25) is 9.89 Å². The van der Waals surface area contributed by atoms with Gasteiger partial charge in [0.1, 0.15) is 0 Å². The van der Waals surface area contributed by atoms with Crippen LogP contribution in [0.5, 0.6) is 0 Å². The van der Waals surface area contributed by atoms with Crippen LogP contribution in [-0.2, 0) is 0 Å². The summed E-state index contributed by atoms with van der Waals surface area (Å²) < 4.78 is 0. The van der Waals surface area contributed by atoms with Gasteiger partial charge >= 0.3 is 0 Å². The molecule has 1 rings (SSSR count). The third-order valence-corrected chi connectivity index (χ3v) is 2.14. The van der Waals surface area contributed by atoms with Crippen LogP contribution in [0, 0.1) is 0 Å². The van der Waals surface area contributed by atoms with Crippen molar-refractivity contribution >= 4 is 5.71 Å². The van der Waals surface area contributed by atoms with Gasteiger partial charge in [0, 0.05) is 32.0 Å². The van der Waals surface area contributed by atoms with Crippen molar-refractivity contribution in [1.29, 1.82) is 0 Å². The molecule has 0 saturated heterocycles. The number of aliphatic imine (C=N–C) groups is 1. The topological polar surface area (TPSA) is 30.9 Å². The van der Waals surface area contributed by atoms with E-state index in [0.717, 1.165) is 26.2 Å². The molecule has 80 valence electrons. The number of nitrogens with one attached hydrogen (secondary N) is 1. The molecule has 0 radical (unpaired) electrons. The van der Waals surface area contributed by atoms with Gasteiger partial charge in [-0.05, 0) is 21.1 Å². The zero-order valence-corrected chi connectivity index (χ0v) is 9.32. The maximum atomic E-state index is 4.31. The fourth-order valence-electron chi connectivity index (χ4n) is 1.28. The lowest BCUT2D eigenvalue weighted by atomic mass is 10.3. The summed E-state index contributed by atoms with van der Waals surface area (Å²) in [7, 11) is 6.32. The van der Waals surface area contributed by atoms with Gasteiger partial charge in [-0.1, -0.05) is 0 Å². The first-order valence-corrected chi connectivity index (χ1v) is 4.95. The molecular formula is C10H20N4. The van der Waals surface area contributed by atoms with Crippen molar-refractivity contribution < 1.29 is 0 Å². The van der Waals surface area contributed by atoms with E-state index in [0.29, 0.717) is 0 Å². The Morgan fingerprint density at radius 2 is 2.14 bits per heavy atom. The van der Waals surface area contributed by atoms with E-state index in [9.17, 15) is 0 Å². The second-order valence-corrected chi connectivity index (χ2v) is 3.93. The van der Waals surface area contributed by atoms with Gasteiger partial charge in [-0.2, -0.15) is 0 Å². The van der Waals surface area contributed by atoms with Crippen molar-refractivity contribution in [2.45, 2.75) is 0 Å². The molecule has 0 aromatic heterocycles. The van der Waals surface area contributed by atoms with Gasteiger partial charge in [-0.25, -0.2) is 0 Å². The number of hydrogen-bond acceptors (Lipinski definition) is 4. The molecule has 0 aromatic rings. The lowest BCUT2D eigenvalue weighted by Crippen LogP contribution is -2.36. The second-order valence-electron chi connectivity index (χ2n) is 3.93. The quantitative estimate of drug-likeness (QED) is 0.671. The summed E-state index contributed by atoms with van der Waals surface area (Å²) in [5.41, 5.74) is 1.20. The summed E-state index contributed by atoms with van der Waals surface area (Å²) in [6, 6.07) is 0. The Kier molecular flexibility index (Phi) is 4.62. The van der Waals surface area contributed by atoms with Gasteiger partial charge in [0.25, 0.3) is 0 Å². The summed E-state index contributed by atoms with van der Waals surface area (Å²) in [6.45, 7) is 4.00. The van der Waals surface area contributed by atoms with Crippen molar-refractivity contribution in [2.75, 3.05) is 47.3 Å². The lowest BCUT2D eigenvalue weighted by Gasteiger charge is -2.20. The van der Waals surface area contributed by atoms with E-state index in [1.165, 1.54) is 5.71 Å². The highest BCUT2D eigenvalue weighted by molar-refractivity contribution is 5.89. The molecule has 0 aromatic carbocycles. The van der Waals surface area contributed by atoms with Gasteiger partial charge in [0.15, 0.2) is 0 Å². The Labute approximate surface area is 86.3 Å². The fraction of sp³-hybridized carbons (Fsp3) is 0.700. The molecule has 0 atom stereocenters. The van der Waals surface area contributed by atoms with Crippen LogP contribution in [0.2, 0.25) is 0 Å². The molecule has 1 aliphatic rings. The Morgan fingerprint density at radius 1 is 1.36 bits per heavy atom. The van der Waals surface area contributed by atoms with E-state index in [-0.39, 0.29) is 0 Å². The van der Waals surface area contributed by atoms with E-state index >= 15 is 0 Å². The van der Waals surface area contributed by atoms with Crippen molar-refractivity contribution in [3.63, 3.8) is 0 Å². The predicted molar refractivity (Wildman–Crippen MR) is 60.6 cm³/mol. The second kappa shape index (κ2) is 5.78. The minimum Gasteiger partial charge on any atom is -0.384 e. The molecule has 1 aliphatic heterocycles. The van der Waals surface area contributed by atoms with Crippen molar-refractivity contribution in [3.05, 3.63) is 12.4 Å². The first kappa shape index (κ1) is 11.2. The minimum absolute atomic E-state index is 0.878. The molecule has 0 saturated carbocycles. The summed E-state index contributed by atoms with van der Waals surface area (Å²) in [4.78, 5) is 8.80. The molecule has 0 unspecified atom stereocenters. The minimum atomic E-state index is 0.878. The van der Waals surface area contributed by atoms with E-state index < -0.39 is 0 Å². The molecule has 0 aliphatic carbocycles. The van der Waals surface area contributed by atoms with E-state index in [1.54, 1.807) is 0 Å². The standard InChI is InChI=1S/C10H20N4/c1-13(2)6-7-14(3)9-10-8-11-4-5-12-10/h4-5,11H,6-9H2,1-3H3. The van der Waals surface area contributed by atoms with Crippen LogP contribution < -0.4 is 5.32 Å². The molecule has 0 fully saturated rings. The molecular weight excluding hydrogens is 176 g/mol. The Morgan fingerprint density at radius 3 is 2.71 bits per heavy atom. The smallest absolute Gasteiger partial charge is 0.0542 e. The van der Waals surface area contributed by atoms with Gasteiger partial charge in [-0.15, -0.1) is 0 Å². The van der Waals surface area contributed by atoms with Gasteiger partial charge < -0.3 is 10.2 Å². The zero-order valence-electron chi connectivity index (χ0n) is 9.32. The van der Waals surface area contributed by atoms with Gasteiger partial charge in [0.05, 0.1) is 12.3 Å². The monoisotopic (exact) mass is 196 g/mol. The number of rotatable bonds is 5. The average Bonchev–Trinajstić information content (AvgIpc) is 2.16. The maximum Gasteiger partial charge on any atom is 0.0542 e. The molecule has 1 N–H and O–H groups in total. The van der Waals surface area contributed by atoms with Crippen LogP contribution in [0.15, 0.2) is 17.4 Å². The lowest BCUT2D eigenvalue weighted by molar-refractivity contribution is 0.306. The first-order valence-electron chi connectivity index (χ1n) is 4.95. The highest BCUT2D eigenvalue weighted by Crippen LogP contribution is 1.91. The molecule has 4 heteroatoms. The van der Waals surface area contributed by atoms with E-state index in [4.69, 9.17) is 0 Å². The Bertz CT molecular complexity index is 220. The third kappa shape index (κ3) is 4.39. The average molecular weight is 196 g/mol. The summed E-state index contributed by atoms with van der Waals surface area (Å²) in [5, 5.41) is 3.16. The molecule has 0 amide bonds. The zero-order chi connectivity index (χ0) is 10.4. The third-order valence-electron chi connectivity index (χ3n) is 2.14. The van der Waals surface area contributed by atoms with Crippen LogP contribution in [0.3, 0.4) is 0 Å². The number of likely N-dealkylation sites (N-methyl/N-ethyl adjacent to an activating group) is 2. The number of hydrogen-bond donors (Lipinski definition) is 1. The normalized spacial score (nSPS) is 15.9. The largest absolute Gasteiger partial charge is 0.384 e. The van der Waals surface area contributed by atoms with Crippen LogP contribution in [0.4, 0.5) is 0 Å². The summed E-state index contributed by atoms with van der Waals surface area (Å²) in [6.07, 6.45) is 3.70. The first-order chi connectivity index (χ1) is 6.68. The SMILES string of the molecule is CN(C)CCN(C)CC1=NC=CNC1. The number of nitrogens with zero attached hydrogens (tertiary/aromatic N) is 3. The maximum absolute atomic E-state index is 4.31. The van der Waals surface area contributed by atoms with Crippen LogP contribution in [-0.4, -0.2) is 62.8 Å². The molecule has 0 spiro atoms. The summed E-state index contributed by atoms with van der Waals surface area (Å²) in [5.74, 6) is 0. The Hall–Kier alpha value is -0.870. The van der Waals surface area contributed by atoms with Crippen LogP contribution in [0.25, 0.3) is 0 Å². The summed E-state index contributed by atoms with van der Waals surface area (Å²) >= 11 is 0. The van der Waals surface area contributed by atoms with Crippen molar-refractivity contribution in [2.24, 2.45) is 4.99 Å². The van der Waals surface area contributed by atoms with Crippen molar-refractivity contribution in [3.8, 4) is 0 Å². The Balaban J connectivity index is 2.22. The van der Waals surface area contributed by atoms with Crippen LogP contribution >= 0.6 is 0 Å². The molecule has 0 bridgehead atoms. The molecule has 4 nitrogen and oxygen atoms in total. The highest BCUT2D eigenvalue weighted by atomic mass is 15.2. The predicted octanol–water partition coefficient (Wildman–Crippen LogP) is -0.00480. The molecule has 1 heterocycles. The molecule has 14 heavy (non-hydrogen) atoms. The van der Waals surface area contributed by atoms with E-state index in [2.05, 4.69) is 41.3 Å². The highest BCUT2D eigenvalue weighted by Gasteiger charge is 2.05. The van der Waals surface area contributed by atoms with Crippen LogP contribution in [0.1, 0.15) is 0 Å². The van der Waals surface area contributed by atoms with Gasteiger partial charge in [0.2, 0.25) is 0 Å². The fourth-order valence-corrected chi connectivity index (χ4v) is 1.28.